The topological polar surface area (TPSA) is 84.7 Å². The van der Waals surface area contributed by atoms with E-state index in [-0.39, 0.29) is 38.4 Å². The summed E-state index contributed by atoms with van der Waals surface area (Å²) in [5.41, 5.74) is 1.51. The monoisotopic (exact) mass is 505 g/mol. The van der Waals surface area contributed by atoms with E-state index in [2.05, 4.69) is 10.3 Å². The maximum absolute atomic E-state index is 13.4. The first-order valence-corrected chi connectivity index (χ1v) is 11.6. The minimum Gasteiger partial charge on any atom is -0.458 e. The number of benzene rings is 1. The number of carbonyl (C=O) groups is 2. The fourth-order valence-electron chi connectivity index (χ4n) is 3.78. The van der Waals surface area contributed by atoms with E-state index in [0.717, 1.165) is 5.39 Å². The molecule has 0 unspecified atom stereocenters. The zero-order valence-electron chi connectivity index (χ0n) is 19.7. The highest BCUT2D eigenvalue weighted by Crippen LogP contribution is 2.33. The zero-order valence-corrected chi connectivity index (χ0v) is 20.4. The summed E-state index contributed by atoms with van der Waals surface area (Å²) in [7, 11) is 0. The molecule has 1 aromatic carbocycles. The van der Waals surface area contributed by atoms with Crippen LogP contribution in [0.5, 0.6) is 0 Å². The smallest absolute Gasteiger partial charge is 0.408 e. The maximum Gasteiger partial charge on any atom is 0.408 e. The molecule has 0 spiro atoms. The van der Waals surface area contributed by atoms with Crippen molar-refractivity contribution < 1.29 is 27.5 Å². The summed E-state index contributed by atoms with van der Waals surface area (Å²) in [5, 5.41) is 3.74. The average Bonchev–Trinajstić information content (AvgIpc) is 3.20. The molecular weight excluding hydrogens is 480 g/mol. The molecule has 3 aromatic rings. The van der Waals surface area contributed by atoms with E-state index in [0.29, 0.717) is 33.2 Å². The molecule has 0 radical (unpaired) electrons. The largest absolute Gasteiger partial charge is 0.458 e. The molecule has 1 aliphatic heterocycles. The van der Waals surface area contributed by atoms with Gasteiger partial charge in [-0.1, -0.05) is 11.6 Å². The van der Waals surface area contributed by atoms with E-state index in [1.54, 1.807) is 45.0 Å². The number of likely N-dealkylation sites (tertiary alicyclic amines) is 1. The number of halogens is 3. The van der Waals surface area contributed by atoms with Crippen LogP contribution in [0.1, 0.15) is 49.7 Å². The fourth-order valence-corrected chi connectivity index (χ4v) is 4.05. The molecule has 3 heterocycles. The Morgan fingerprint density at radius 2 is 1.91 bits per heavy atom. The van der Waals surface area contributed by atoms with Crippen LogP contribution in [0.25, 0.3) is 22.2 Å². The molecule has 0 aliphatic carbocycles. The molecule has 2 aromatic heterocycles. The predicted molar refractivity (Wildman–Crippen MR) is 128 cm³/mol. The second kappa shape index (κ2) is 9.45. The summed E-state index contributed by atoms with van der Waals surface area (Å²) < 4.78 is 37.7. The lowest BCUT2D eigenvalue weighted by Gasteiger charge is -2.31. The zero-order chi connectivity index (χ0) is 25.4. The van der Waals surface area contributed by atoms with Crippen molar-refractivity contribution in [1.82, 2.24) is 15.2 Å². The van der Waals surface area contributed by atoms with Gasteiger partial charge in [0.25, 0.3) is 11.8 Å². The second-order valence-corrected chi connectivity index (χ2v) is 9.93. The normalized spacial score (nSPS) is 15.8. The molecule has 35 heavy (non-hydrogen) atoms. The molecule has 7 nitrogen and oxygen atoms in total. The van der Waals surface area contributed by atoms with Crippen molar-refractivity contribution in [3.63, 3.8) is 0 Å². The standard InChI is InChI=1S/C25H26ClF2N3O4/c1-24(2,3)35-23(33)30-14-18-11-17-10-16(12-19(26)21(17)34-18)20-5-4-15(13-29-20)22(32)31-8-6-25(27,28)7-9-31/h4-5,10-13H,6-9,14H2,1-3H3,(H,30,33). The van der Waals surface area contributed by atoms with Crippen LogP contribution in [-0.4, -0.2) is 46.5 Å². The number of nitrogens with zero attached hydrogens (tertiary/aromatic N) is 2. The number of pyridine rings is 1. The van der Waals surface area contributed by atoms with Gasteiger partial charge in [-0.25, -0.2) is 13.6 Å². The number of amides is 2. The van der Waals surface area contributed by atoms with Crippen molar-refractivity contribution in [2.45, 2.75) is 51.7 Å². The van der Waals surface area contributed by atoms with Crippen LogP contribution < -0.4 is 5.32 Å². The van der Waals surface area contributed by atoms with Gasteiger partial charge in [-0.05, 0) is 51.1 Å². The Hall–Kier alpha value is -3.20. The first kappa shape index (κ1) is 24.9. The lowest BCUT2D eigenvalue weighted by molar-refractivity contribution is -0.0494. The van der Waals surface area contributed by atoms with Gasteiger partial charge in [-0.15, -0.1) is 0 Å². The first-order valence-electron chi connectivity index (χ1n) is 11.2. The Kier molecular flexibility index (Phi) is 6.73. The van der Waals surface area contributed by atoms with Crippen molar-refractivity contribution in [2.75, 3.05) is 13.1 Å². The Morgan fingerprint density at radius 3 is 2.54 bits per heavy atom. The number of alkyl carbamates (subject to hydrolysis) is 1. The van der Waals surface area contributed by atoms with E-state index < -0.39 is 17.6 Å². The Bertz CT molecular complexity index is 1240. The fraction of sp³-hybridized carbons (Fsp3) is 0.400. The second-order valence-electron chi connectivity index (χ2n) is 9.52. The molecule has 0 saturated carbocycles. The van der Waals surface area contributed by atoms with Gasteiger partial charge in [0.1, 0.15) is 11.4 Å². The van der Waals surface area contributed by atoms with Crippen molar-refractivity contribution in [3.05, 3.63) is 52.9 Å². The molecule has 2 amide bonds. The average molecular weight is 506 g/mol. The van der Waals surface area contributed by atoms with Crippen LogP contribution in [0.2, 0.25) is 5.02 Å². The van der Waals surface area contributed by atoms with E-state index in [1.807, 2.05) is 6.07 Å². The van der Waals surface area contributed by atoms with Crippen LogP contribution in [0.15, 0.2) is 40.9 Å². The number of hydrogen-bond donors (Lipinski definition) is 1. The number of aromatic nitrogens is 1. The minimum atomic E-state index is -2.71. The molecule has 1 fully saturated rings. The van der Waals surface area contributed by atoms with Gasteiger partial charge in [0.05, 0.1) is 22.8 Å². The minimum absolute atomic E-state index is 0.0193. The van der Waals surface area contributed by atoms with Crippen LogP contribution in [0, 0.1) is 0 Å². The molecule has 1 aliphatic rings. The summed E-state index contributed by atoms with van der Waals surface area (Å²) in [6, 6.07) is 8.63. The third-order valence-corrected chi connectivity index (χ3v) is 5.80. The van der Waals surface area contributed by atoms with Crippen LogP contribution in [0.3, 0.4) is 0 Å². The lowest BCUT2D eigenvalue weighted by Crippen LogP contribution is -2.42. The first-order chi connectivity index (χ1) is 16.4. The highest BCUT2D eigenvalue weighted by molar-refractivity contribution is 6.35. The highest BCUT2D eigenvalue weighted by atomic mass is 35.5. The van der Waals surface area contributed by atoms with Crippen molar-refractivity contribution in [3.8, 4) is 11.3 Å². The van der Waals surface area contributed by atoms with E-state index in [1.165, 1.54) is 11.1 Å². The third kappa shape index (κ3) is 6.08. The molecule has 186 valence electrons. The van der Waals surface area contributed by atoms with Crippen molar-refractivity contribution in [2.24, 2.45) is 0 Å². The summed E-state index contributed by atoms with van der Waals surface area (Å²) in [5.74, 6) is -2.52. The number of alkyl halides is 2. The number of nitrogens with one attached hydrogen (secondary N) is 1. The number of rotatable bonds is 4. The van der Waals surface area contributed by atoms with Gasteiger partial charge in [-0.2, -0.15) is 0 Å². The number of carbonyl (C=O) groups excluding carboxylic acids is 2. The van der Waals surface area contributed by atoms with Crippen molar-refractivity contribution in [1.29, 1.82) is 0 Å². The van der Waals surface area contributed by atoms with Crippen LogP contribution in [-0.2, 0) is 11.3 Å². The Balaban J connectivity index is 1.47. The van der Waals surface area contributed by atoms with Gasteiger partial charge in [-0.3, -0.25) is 9.78 Å². The number of fused-ring (bicyclic) bond motifs is 1. The third-order valence-electron chi connectivity index (χ3n) is 5.52. The lowest BCUT2D eigenvalue weighted by atomic mass is 10.1. The van der Waals surface area contributed by atoms with Crippen LogP contribution in [0.4, 0.5) is 13.6 Å². The van der Waals surface area contributed by atoms with Gasteiger partial charge in [0.15, 0.2) is 5.58 Å². The quantitative estimate of drug-likeness (QED) is 0.467. The molecule has 1 N–H and O–H groups in total. The molecule has 0 atom stereocenters. The summed E-state index contributed by atoms with van der Waals surface area (Å²) >= 11 is 6.43. The van der Waals surface area contributed by atoms with Gasteiger partial charge < -0.3 is 19.4 Å². The molecular formula is C25H26ClF2N3O4. The summed E-state index contributed by atoms with van der Waals surface area (Å²) in [6.45, 7) is 5.50. The van der Waals surface area contributed by atoms with Gasteiger partial charge >= 0.3 is 6.09 Å². The van der Waals surface area contributed by atoms with E-state index in [9.17, 15) is 18.4 Å². The van der Waals surface area contributed by atoms with Gasteiger partial charge in [0, 0.05) is 43.1 Å². The number of ether oxygens (including phenoxy) is 1. The molecule has 0 bridgehead atoms. The molecule has 10 heteroatoms. The van der Waals surface area contributed by atoms with Crippen molar-refractivity contribution >= 4 is 34.6 Å². The maximum atomic E-state index is 13.4. The number of piperidine rings is 1. The molecule has 1 saturated heterocycles. The molecule has 4 rings (SSSR count). The number of hydrogen-bond acceptors (Lipinski definition) is 5. The Labute approximate surface area is 206 Å². The predicted octanol–water partition coefficient (Wildman–Crippen LogP) is 6.04. The van der Waals surface area contributed by atoms with E-state index >= 15 is 0 Å². The van der Waals surface area contributed by atoms with Gasteiger partial charge in [0.2, 0.25) is 0 Å². The van der Waals surface area contributed by atoms with Crippen LogP contribution >= 0.6 is 11.6 Å². The summed E-state index contributed by atoms with van der Waals surface area (Å²) in [4.78, 5) is 30.3. The highest BCUT2D eigenvalue weighted by Gasteiger charge is 2.35. The summed E-state index contributed by atoms with van der Waals surface area (Å²) in [6.07, 6.45) is 0.223. The SMILES string of the molecule is CC(C)(C)OC(=O)NCc1cc2cc(-c3ccc(C(=O)N4CCC(F)(F)CC4)cn3)cc(Cl)c2o1. The number of furan rings is 1. The van der Waals surface area contributed by atoms with E-state index in [4.69, 9.17) is 20.8 Å². The Morgan fingerprint density at radius 1 is 1.20 bits per heavy atom.